The van der Waals surface area contributed by atoms with Crippen molar-refractivity contribution in [3.05, 3.63) is 59.2 Å². The first kappa shape index (κ1) is 27.6. The molecule has 14 heteroatoms. The molecule has 1 aliphatic heterocycles. The van der Waals surface area contributed by atoms with Gasteiger partial charge in [0.05, 0.1) is 34.9 Å². The number of halogens is 4. The summed E-state index contributed by atoms with van der Waals surface area (Å²) in [4.78, 5) is 23.8. The number of urea groups is 1. The largest absolute Gasteiger partial charge is 0.416 e. The number of carbonyl (C=O) groups excluding carboxylic acids is 1. The molecule has 1 fully saturated rings. The molecule has 2 aromatic heterocycles. The van der Waals surface area contributed by atoms with Gasteiger partial charge in [-0.05, 0) is 30.3 Å². The van der Waals surface area contributed by atoms with Gasteiger partial charge in [0, 0.05) is 50.7 Å². The fourth-order valence-electron chi connectivity index (χ4n) is 4.28. The van der Waals surface area contributed by atoms with Crippen LogP contribution in [-0.2, 0) is 18.0 Å². The topological polar surface area (TPSA) is 109 Å². The highest BCUT2D eigenvalue weighted by molar-refractivity contribution is 6.33. The van der Waals surface area contributed by atoms with Gasteiger partial charge in [-0.3, -0.25) is 4.90 Å². The number of rotatable bonds is 7. The van der Waals surface area contributed by atoms with Gasteiger partial charge in [0.1, 0.15) is 5.69 Å². The van der Waals surface area contributed by atoms with Gasteiger partial charge in [-0.25, -0.2) is 14.5 Å². The van der Waals surface area contributed by atoms with E-state index in [1.165, 1.54) is 0 Å². The summed E-state index contributed by atoms with van der Waals surface area (Å²) in [7, 11) is 1.80. The molecule has 0 spiro atoms. The molecule has 2 aromatic carbocycles. The molecule has 40 heavy (non-hydrogen) atoms. The summed E-state index contributed by atoms with van der Waals surface area (Å²) in [6, 6.07) is 8.83. The van der Waals surface area contributed by atoms with Crippen LogP contribution in [0.15, 0.2) is 48.7 Å². The SMILES string of the molecule is Cn1nc(-c2ccc(NC(=O)Nc3cc(C(F)(F)F)ccc3Cl)cc2)c2cnc(NCCN3CCOCC3)nc21. The Morgan fingerprint density at radius 3 is 2.58 bits per heavy atom. The van der Waals surface area contributed by atoms with E-state index in [0.29, 0.717) is 29.5 Å². The predicted molar refractivity (Wildman–Crippen MR) is 147 cm³/mol. The van der Waals surface area contributed by atoms with E-state index in [4.69, 9.17) is 16.3 Å². The van der Waals surface area contributed by atoms with Gasteiger partial charge in [-0.2, -0.15) is 23.3 Å². The standard InChI is InChI=1S/C26H26ClF3N8O2/c1-37-23-19(15-32-24(35-23)31-8-9-38-10-12-40-13-11-38)22(36-37)16-2-5-18(6-3-16)33-25(39)34-21-14-17(26(28,29)30)4-7-20(21)27/h2-7,14-15H,8-13H2,1H3,(H,31,32,35)(H2,33,34,39). The second-order valence-corrected chi connectivity index (χ2v) is 9.54. The molecular formula is C26H26ClF3N8O2. The molecule has 1 saturated heterocycles. The van der Waals surface area contributed by atoms with Crippen molar-refractivity contribution in [1.29, 1.82) is 0 Å². The summed E-state index contributed by atoms with van der Waals surface area (Å²) in [5, 5.41) is 13.5. The number of alkyl halides is 3. The number of nitrogens with one attached hydrogen (secondary N) is 3. The molecule has 0 aliphatic carbocycles. The van der Waals surface area contributed by atoms with Crippen molar-refractivity contribution in [2.75, 3.05) is 55.3 Å². The number of hydrogen-bond acceptors (Lipinski definition) is 7. The Morgan fingerprint density at radius 2 is 1.85 bits per heavy atom. The molecule has 3 heterocycles. The third-order valence-corrected chi connectivity index (χ3v) is 6.68. The van der Waals surface area contributed by atoms with Crippen molar-refractivity contribution >= 4 is 46.0 Å². The number of ether oxygens (including phenoxy) is 1. The highest BCUT2D eigenvalue weighted by Crippen LogP contribution is 2.34. The van der Waals surface area contributed by atoms with Crippen molar-refractivity contribution in [1.82, 2.24) is 24.6 Å². The number of morpholine rings is 1. The molecule has 0 saturated carbocycles. The van der Waals surface area contributed by atoms with Crippen LogP contribution in [0.4, 0.5) is 35.3 Å². The van der Waals surface area contributed by atoms with Crippen molar-refractivity contribution in [3.63, 3.8) is 0 Å². The molecule has 2 amide bonds. The fourth-order valence-corrected chi connectivity index (χ4v) is 4.45. The average Bonchev–Trinajstić information content (AvgIpc) is 3.26. The number of aromatic nitrogens is 4. The van der Waals surface area contributed by atoms with Crippen molar-refractivity contribution in [3.8, 4) is 11.3 Å². The van der Waals surface area contributed by atoms with E-state index < -0.39 is 17.8 Å². The maximum absolute atomic E-state index is 13.0. The Hall–Kier alpha value is -3.94. The Balaban J connectivity index is 1.23. The molecule has 0 bridgehead atoms. The lowest BCUT2D eigenvalue weighted by Gasteiger charge is -2.26. The summed E-state index contributed by atoms with van der Waals surface area (Å²) in [6.45, 7) is 4.90. The summed E-state index contributed by atoms with van der Waals surface area (Å²) < 4.78 is 46.1. The van der Waals surface area contributed by atoms with Gasteiger partial charge in [0.15, 0.2) is 5.65 Å². The van der Waals surface area contributed by atoms with Gasteiger partial charge in [-0.15, -0.1) is 0 Å². The van der Waals surface area contributed by atoms with Crippen LogP contribution in [-0.4, -0.2) is 70.1 Å². The minimum atomic E-state index is -4.56. The van der Waals surface area contributed by atoms with Crippen LogP contribution in [0.2, 0.25) is 5.02 Å². The molecule has 0 atom stereocenters. The van der Waals surface area contributed by atoms with Crippen LogP contribution in [0.1, 0.15) is 5.56 Å². The lowest BCUT2D eigenvalue weighted by molar-refractivity contribution is -0.137. The highest BCUT2D eigenvalue weighted by Gasteiger charge is 2.31. The molecule has 0 radical (unpaired) electrons. The van der Waals surface area contributed by atoms with Crippen LogP contribution in [0.25, 0.3) is 22.3 Å². The number of benzene rings is 2. The van der Waals surface area contributed by atoms with E-state index in [1.54, 1.807) is 42.2 Å². The van der Waals surface area contributed by atoms with E-state index in [-0.39, 0.29) is 10.7 Å². The third kappa shape index (κ3) is 6.43. The number of fused-ring (bicyclic) bond motifs is 1. The third-order valence-electron chi connectivity index (χ3n) is 6.35. The second-order valence-electron chi connectivity index (χ2n) is 9.13. The lowest BCUT2D eigenvalue weighted by atomic mass is 10.1. The van der Waals surface area contributed by atoms with Crippen LogP contribution in [0.3, 0.4) is 0 Å². The van der Waals surface area contributed by atoms with E-state index in [1.807, 2.05) is 0 Å². The summed E-state index contributed by atoms with van der Waals surface area (Å²) in [5.41, 5.74) is 1.46. The van der Waals surface area contributed by atoms with Crippen molar-refractivity contribution < 1.29 is 22.7 Å². The summed E-state index contributed by atoms with van der Waals surface area (Å²) in [5.74, 6) is 0.516. The smallest absolute Gasteiger partial charge is 0.379 e. The van der Waals surface area contributed by atoms with Crippen molar-refractivity contribution in [2.45, 2.75) is 6.18 Å². The number of aryl methyl sites for hydroxylation is 1. The minimum Gasteiger partial charge on any atom is -0.379 e. The number of hydrogen-bond donors (Lipinski definition) is 3. The van der Waals surface area contributed by atoms with Gasteiger partial charge in [0.2, 0.25) is 5.95 Å². The lowest BCUT2D eigenvalue weighted by Crippen LogP contribution is -2.39. The molecule has 0 unspecified atom stereocenters. The van der Waals surface area contributed by atoms with E-state index in [0.717, 1.165) is 62.0 Å². The maximum Gasteiger partial charge on any atom is 0.416 e. The molecule has 1 aliphatic rings. The Bertz CT molecular complexity index is 1500. The first-order chi connectivity index (χ1) is 19.2. The van der Waals surface area contributed by atoms with Gasteiger partial charge >= 0.3 is 12.2 Å². The maximum atomic E-state index is 13.0. The van der Waals surface area contributed by atoms with Gasteiger partial charge in [0.25, 0.3) is 0 Å². The monoisotopic (exact) mass is 574 g/mol. The Morgan fingerprint density at radius 1 is 1.10 bits per heavy atom. The van der Waals surface area contributed by atoms with E-state index in [2.05, 4.69) is 35.9 Å². The zero-order valence-corrected chi connectivity index (χ0v) is 22.2. The second kappa shape index (κ2) is 11.7. The Labute approximate surface area is 232 Å². The summed E-state index contributed by atoms with van der Waals surface area (Å²) >= 11 is 5.96. The zero-order chi connectivity index (χ0) is 28.3. The van der Waals surface area contributed by atoms with Gasteiger partial charge in [-0.1, -0.05) is 23.7 Å². The Kier molecular flexibility index (Phi) is 8.05. The van der Waals surface area contributed by atoms with E-state index in [9.17, 15) is 18.0 Å². The highest BCUT2D eigenvalue weighted by atomic mass is 35.5. The molecule has 3 N–H and O–H groups in total. The number of carbonyl (C=O) groups is 1. The zero-order valence-electron chi connectivity index (χ0n) is 21.4. The fraction of sp³-hybridized carbons (Fsp3) is 0.308. The molecule has 10 nitrogen and oxygen atoms in total. The predicted octanol–water partition coefficient (Wildman–Crippen LogP) is 5.09. The van der Waals surface area contributed by atoms with E-state index >= 15 is 0 Å². The normalized spacial score (nSPS) is 14.3. The number of nitrogens with zero attached hydrogens (tertiary/aromatic N) is 5. The summed E-state index contributed by atoms with van der Waals surface area (Å²) in [6.07, 6.45) is -2.84. The number of anilines is 3. The van der Waals surface area contributed by atoms with Crippen molar-refractivity contribution in [2.24, 2.45) is 7.05 Å². The van der Waals surface area contributed by atoms with Crippen LogP contribution < -0.4 is 16.0 Å². The first-order valence-electron chi connectivity index (χ1n) is 12.5. The minimum absolute atomic E-state index is 0.0156. The number of amides is 2. The first-order valence-corrected chi connectivity index (χ1v) is 12.8. The quantitative estimate of drug-likeness (QED) is 0.282. The van der Waals surface area contributed by atoms with Crippen LogP contribution in [0.5, 0.6) is 0 Å². The average molecular weight is 575 g/mol. The van der Waals surface area contributed by atoms with Crippen LogP contribution in [0, 0.1) is 0 Å². The molecule has 5 rings (SSSR count). The molecule has 4 aromatic rings. The molecule has 210 valence electrons. The van der Waals surface area contributed by atoms with Gasteiger partial charge < -0.3 is 20.7 Å². The molecular weight excluding hydrogens is 549 g/mol. The van der Waals surface area contributed by atoms with Crippen LogP contribution >= 0.6 is 11.6 Å².